The number of hydrogen-bond acceptors (Lipinski definition) is 6. The third-order valence-corrected chi connectivity index (χ3v) is 4.65. The molecule has 0 amide bonds. The Morgan fingerprint density at radius 2 is 1.92 bits per heavy atom. The van der Waals surface area contributed by atoms with Crippen LogP contribution in [0, 0.1) is 25.6 Å². The molecule has 144 valence electrons. The van der Waals surface area contributed by atoms with E-state index in [2.05, 4.69) is 20.2 Å². The maximum absolute atomic E-state index is 13.3. The molecule has 1 aliphatic heterocycles. The second kappa shape index (κ2) is 11.6. The van der Waals surface area contributed by atoms with Gasteiger partial charge < -0.3 is 10.1 Å². The van der Waals surface area contributed by atoms with Crippen molar-refractivity contribution in [1.82, 2.24) is 14.9 Å². The van der Waals surface area contributed by atoms with Crippen LogP contribution in [0.2, 0.25) is 0 Å². The summed E-state index contributed by atoms with van der Waals surface area (Å²) in [5.74, 6) is -0.549. The molecule has 0 bridgehead atoms. The maximum Gasteiger partial charge on any atom is 0.230 e. The highest BCUT2D eigenvalue weighted by Gasteiger charge is 2.16. The van der Waals surface area contributed by atoms with Crippen LogP contribution < -0.4 is 5.32 Å². The molecular formula is C18H26F2N4OS. The Balaban J connectivity index is 0.000000243. The van der Waals surface area contributed by atoms with E-state index in [-0.39, 0.29) is 11.8 Å². The van der Waals surface area contributed by atoms with Gasteiger partial charge in [0.2, 0.25) is 5.95 Å². The number of halogens is 2. The van der Waals surface area contributed by atoms with Crippen molar-refractivity contribution < 1.29 is 13.6 Å². The number of nitrogens with zero attached hydrogens (tertiary/aromatic N) is 3. The average Bonchev–Trinajstić information content (AvgIpc) is 3.23. The van der Waals surface area contributed by atoms with Crippen LogP contribution in [0.3, 0.4) is 0 Å². The molecule has 1 N–H and O–H groups in total. The average molecular weight is 384 g/mol. The molecule has 5 nitrogen and oxygen atoms in total. The van der Waals surface area contributed by atoms with E-state index in [0.717, 1.165) is 29.9 Å². The predicted molar refractivity (Wildman–Crippen MR) is 102 cm³/mol. The number of nitrogens with one attached hydrogen (secondary N) is 1. The quantitative estimate of drug-likeness (QED) is 0.812. The van der Waals surface area contributed by atoms with Crippen LogP contribution >= 0.6 is 11.3 Å². The summed E-state index contributed by atoms with van der Waals surface area (Å²) in [5, 5.41) is 3.53. The fraction of sp³-hybridized carbons (Fsp3) is 0.500. The zero-order valence-electron chi connectivity index (χ0n) is 15.7. The number of hydrogen-bond donors (Lipinski definition) is 1. The van der Waals surface area contributed by atoms with Crippen LogP contribution in [0.5, 0.6) is 0 Å². The lowest BCUT2D eigenvalue weighted by atomic mass is 10.2. The van der Waals surface area contributed by atoms with E-state index < -0.39 is 0 Å². The van der Waals surface area contributed by atoms with Gasteiger partial charge in [-0.25, -0.2) is 4.39 Å². The van der Waals surface area contributed by atoms with Gasteiger partial charge >= 0.3 is 0 Å². The molecule has 26 heavy (non-hydrogen) atoms. The minimum absolute atomic E-state index is 0.236. The number of carbonyl (C=O) groups excluding carboxylic acids is 1. The standard InChI is InChI=1S/C9H14FN3S.C7H8FN.C2H4O/c1-11-9-12-8(10)7(14-9)6-13-4-2-3-5-13;1-5-3-6(2)9-4-7(5)8;1-2-3/h2-6H2,1H3,(H,11,12);3-4H,1-2H3;2H,1H3. The highest BCUT2D eigenvalue weighted by Crippen LogP contribution is 2.24. The van der Waals surface area contributed by atoms with E-state index in [1.807, 2.05) is 6.92 Å². The molecule has 0 unspecified atom stereocenters. The van der Waals surface area contributed by atoms with Gasteiger partial charge in [0, 0.05) is 19.3 Å². The summed E-state index contributed by atoms with van der Waals surface area (Å²) < 4.78 is 25.7. The van der Waals surface area contributed by atoms with E-state index in [1.54, 1.807) is 20.0 Å². The smallest absolute Gasteiger partial charge is 0.230 e. The van der Waals surface area contributed by atoms with Crippen LogP contribution in [-0.4, -0.2) is 41.3 Å². The van der Waals surface area contributed by atoms with Crippen molar-refractivity contribution >= 4 is 22.8 Å². The normalized spacial score (nSPS) is 13.3. The van der Waals surface area contributed by atoms with Gasteiger partial charge in [-0.2, -0.15) is 9.37 Å². The number of thiazole rings is 1. The molecule has 0 atom stereocenters. The molecule has 8 heteroatoms. The predicted octanol–water partition coefficient (Wildman–Crippen LogP) is 3.96. The second-order valence-electron chi connectivity index (χ2n) is 5.78. The van der Waals surface area contributed by atoms with Crippen molar-refractivity contribution in [3.8, 4) is 0 Å². The molecule has 2 aromatic heterocycles. The third kappa shape index (κ3) is 7.53. The van der Waals surface area contributed by atoms with Gasteiger partial charge in [0.1, 0.15) is 12.1 Å². The van der Waals surface area contributed by atoms with Crippen LogP contribution in [0.15, 0.2) is 12.3 Å². The van der Waals surface area contributed by atoms with Crippen LogP contribution in [-0.2, 0) is 11.3 Å². The fourth-order valence-corrected chi connectivity index (χ4v) is 3.20. The number of pyridine rings is 1. The van der Waals surface area contributed by atoms with E-state index in [9.17, 15) is 8.78 Å². The van der Waals surface area contributed by atoms with Crippen molar-refractivity contribution in [2.45, 2.75) is 40.2 Å². The summed E-state index contributed by atoms with van der Waals surface area (Å²) in [6.45, 7) is 7.90. The Morgan fingerprint density at radius 1 is 1.31 bits per heavy atom. The monoisotopic (exact) mass is 384 g/mol. The van der Waals surface area contributed by atoms with E-state index in [4.69, 9.17) is 4.79 Å². The van der Waals surface area contributed by atoms with E-state index >= 15 is 0 Å². The lowest BCUT2D eigenvalue weighted by Gasteiger charge is -2.11. The van der Waals surface area contributed by atoms with Gasteiger partial charge in [0.05, 0.1) is 11.1 Å². The number of carbonyl (C=O) groups is 1. The first kappa shape index (κ1) is 22.1. The number of aldehydes is 1. The topological polar surface area (TPSA) is 58.1 Å². The maximum atomic E-state index is 13.3. The second-order valence-corrected chi connectivity index (χ2v) is 6.86. The number of rotatable bonds is 3. The van der Waals surface area contributed by atoms with E-state index in [1.165, 1.54) is 37.3 Å². The zero-order chi connectivity index (χ0) is 19.5. The van der Waals surface area contributed by atoms with Crippen LogP contribution in [0.25, 0.3) is 0 Å². The minimum Gasteiger partial charge on any atom is -0.365 e. The summed E-state index contributed by atoms with van der Waals surface area (Å²) in [6, 6.07) is 1.72. The molecule has 0 aliphatic carbocycles. The summed E-state index contributed by atoms with van der Waals surface area (Å²) >= 11 is 1.41. The SMILES string of the molecule is CC=O.CNc1nc(F)c(CN2CCCC2)s1.Cc1cc(C)c(F)cn1. The fourth-order valence-electron chi connectivity index (χ4n) is 2.36. The van der Waals surface area contributed by atoms with Gasteiger partial charge in [-0.1, -0.05) is 11.3 Å². The summed E-state index contributed by atoms with van der Waals surface area (Å²) in [5.41, 5.74) is 1.51. The van der Waals surface area contributed by atoms with Crippen LogP contribution in [0.4, 0.5) is 13.9 Å². The summed E-state index contributed by atoms with van der Waals surface area (Å²) in [6.07, 6.45) is 4.46. The Kier molecular flexibility index (Phi) is 9.90. The van der Waals surface area contributed by atoms with Gasteiger partial charge in [0.25, 0.3) is 0 Å². The van der Waals surface area contributed by atoms with Crippen molar-refractivity contribution in [3.63, 3.8) is 0 Å². The van der Waals surface area contributed by atoms with Crippen molar-refractivity contribution in [2.75, 3.05) is 25.5 Å². The Bertz CT molecular complexity index is 688. The highest BCUT2D eigenvalue weighted by atomic mass is 32.1. The largest absolute Gasteiger partial charge is 0.365 e. The molecule has 1 fully saturated rings. The molecule has 0 spiro atoms. The molecular weight excluding hydrogens is 358 g/mol. The Hall–Kier alpha value is -1.93. The molecule has 0 saturated carbocycles. The molecule has 0 radical (unpaired) electrons. The Labute approximate surface area is 157 Å². The van der Waals surface area contributed by atoms with Gasteiger partial charge in [-0.05, 0) is 58.3 Å². The molecule has 2 aromatic rings. The summed E-state index contributed by atoms with van der Waals surface area (Å²) in [4.78, 5) is 19.4. The van der Waals surface area contributed by atoms with Crippen LogP contribution in [0.1, 0.15) is 35.9 Å². The first-order chi connectivity index (χ1) is 12.4. The first-order valence-electron chi connectivity index (χ1n) is 8.45. The first-order valence-corrected chi connectivity index (χ1v) is 9.26. The van der Waals surface area contributed by atoms with Crippen molar-refractivity contribution in [2.24, 2.45) is 0 Å². The van der Waals surface area contributed by atoms with Crippen molar-refractivity contribution in [1.29, 1.82) is 0 Å². The number of likely N-dealkylation sites (tertiary alicyclic amines) is 1. The zero-order valence-corrected chi connectivity index (χ0v) is 16.5. The molecule has 3 heterocycles. The third-order valence-electron chi connectivity index (χ3n) is 3.61. The van der Waals surface area contributed by atoms with Gasteiger partial charge in [0.15, 0.2) is 5.13 Å². The lowest BCUT2D eigenvalue weighted by Crippen LogP contribution is -2.18. The number of aromatic nitrogens is 2. The molecule has 0 aromatic carbocycles. The molecule has 1 saturated heterocycles. The van der Waals surface area contributed by atoms with Gasteiger partial charge in [-0.15, -0.1) is 0 Å². The van der Waals surface area contributed by atoms with Crippen molar-refractivity contribution in [3.05, 3.63) is 40.2 Å². The van der Waals surface area contributed by atoms with Gasteiger partial charge in [-0.3, -0.25) is 9.88 Å². The number of anilines is 1. The Morgan fingerprint density at radius 3 is 2.38 bits per heavy atom. The van der Waals surface area contributed by atoms with E-state index in [0.29, 0.717) is 17.2 Å². The molecule has 1 aliphatic rings. The number of aryl methyl sites for hydroxylation is 2. The lowest BCUT2D eigenvalue weighted by molar-refractivity contribution is -0.106. The molecule has 3 rings (SSSR count). The minimum atomic E-state index is -0.314. The highest BCUT2D eigenvalue weighted by molar-refractivity contribution is 7.15. The summed E-state index contributed by atoms with van der Waals surface area (Å²) in [7, 11) is 1.76.